The van der Waals surface area contributed by atoms with Crippen LogP contribution in [0.5, 0.6) is 0 Å². The van der Waals surface area contributed by atoms with Gasteiger partial charge in [0, 0.05) is 17.5 Å². The Bertz CT molecular complexity index is 579. The Hall–Kier alpha value is -1.61. The molecular weight excluding hydrogens is 234 g/mol. The normalized spacial score (nSPS) is 23.5. The third kappa shape index (κ3) is 2.56. The first kappa shape index (κ1) is 12.4. The smallest absolute Gasteiger partial charge is 0.129 e. The molecule has 2 atom stereocenters. The average molecular weight is 255 g/mol. The second-order valence-corrected chi connectivity index (χ2v) is 5.48. The van der Waals surface area contributed by atoms with E-state index in [0.717, 1.165) is 17.9 Å². The van der Waals surface area contributed by atoms with Gasteiger partial charge >= 0.3 is 0 Å². The number of benzene rings is 1. The van der Waals surface area contributed by atoms with Crippen molar-refractivity contribution < 1.29 is 0 Å². The standard InChI is InChI=1S/C16H21N3/c1-11-10-13-6-3-4-7-15(13)19-16(11)18-14-8-5-9-17-12(14)2/h3-4,6-7,10,12,14,17H,5,8-9H2,1-2H3,(H,18,19). The molecule has 3 heteroatoms. The van der Waals surface area contributed by atoms with Crippen molar-refractivity contribution in [3.63, 3.8) is 0 Å². The summed E-state index contributed by atoms with van der Waals surface area (Å²) >= 11 is 0. The molecule has 2 unspecified atom stereocenters. The molecule has 0 saturated carbocycles. The molecule has 19 heavy (non-hydrogen) atoms. The summed E-state index contributed by atoms with van der Waals surface area (Å²) in [5.74, 6) is 1.03. The zero-order chi connectivity index (χ0) is 13.2. The van der Waals surface area contributed by atoms with Crippen LogP contribution in [-0.4, -0.2) is 23.6 Å². The number of nitrogens with one attached hydrogen (secondary N) is 2. The highest BCUT2D eigenvalue weighted by Gasteiger charge is 2.21. The zero-order valence-electron chi connectivity index (χ0n) is 11.6. The molecule has 1 saturated heterocycles. The molecule has 2 aromatic rings. The van der Waals surface area contributed by atoms with Crippen LogP contribution in [0.1, 0.15) is 25.3 Å². The van der Waals surface area contributed by atoms with Crippen molar-refractivity contribution in [3.8, 4) is 0 Å². The molecule has 1 aromatic carbocycles. The molecule has 3 rings (SSSR count). The summed E-state index contributed by atoms with van der Waals surface area (Å²) in [4.78, 5) is 4.76. The quantitative estimate of drug-likeness (QED) is 0.866. The lowest BCUT2D eigenvalue weighted by Gasteiger charge is -2.31. The summed E-state index contributed by atoms with van der Waals surface area (Å²) in [5.41, 5.74) is 2.28. The summed E-state index contributed by atoms with van der Waals surface area (Å²) in [6, 6.07) is 11.5. The van der Waals surface area contributed by atoms with E-state index in [4.69, 9.17) is 4.98 Å². The van der Waals surface area contributed by atoms with Gasteiger partial charge in [0.05, 0.1) is 5.52 Å². The van der Waals surface area contributed by atoms with E-state index in [1.165, 1.54) is 23.8 Å². The van der Waals surface area contributed by atoms with Gasteiger partial charge < -0.3 is 10.6 Å². The number of para-hydroxylation sites is 1. The molecule has 1 fully saturated rings. The van der Waals surface area contributed by atoms with Gasteiger partial charge in [-0.25, -0.2) is 4.98 Å². The van der Waals surface area contributed by atoms with E-state index in [1.807, 2.05) is 6.07 Å². The molecule has 1 aliphatic rings. The summed E-state index contributed by atoms with van der Waals surface area (Å²) in [6.45, 7) is 5.50. The van der Waals surface area contributed by atoms with E-state index in [9.17, 15) is 0 Å². The maximum atomic E-state index is 4.76. The van der Waals surface area contributed by atoms with Gasteiger partial charge in [0.15, 0.2) is 0 Å². The monoisotopic (exact) mass is 255 g/mol. The van der Waals surface area contributed by atoms with E-state index >= 15 is 0 Å². The van der Waals surface area contributed by atoms with Crippen LogP contribution >= 0.6 is 0 Å². The van der Waals surface area contributed by atoms with Crippen LogP contribution in [0.3, 0.4) is 0 Å². The number of hydrogen-bond donors (Lipinski definition) is 2. The fourth-order valence-corrected chi connectivity index (χ4v) is 2.78. The molecule has 1 aliphatic heterocycles. The van der Waals surface area contributed by atoms with E-state index in [-0.39, 0.29) is 0 Å². The van der Waals surface area contributed by atoms with Gasteiger partial charge in [-0.1, -0.05) is 18.2 Å². The predicted molar refractivity (Wildman–Crippen MR) is 80.6 cm³/mol. The van der Waals surface area contributed by atoms with Crippen LogP contribution in [0, 0.1) is 6.92 Å². The second-order valence-electron chi connectivity index (χ2n) is 5.48. The summed E-state index contributed by atoms with van der Waals surface area (Å²) < 4.78 is 0. The SMILES string of the molecule is Cc1cc2ccccc2nc1NC1CCCNC1C. The van der Waals surface area contributed by atoms with Crippen molar-refractivity contribution in [1.29, 1.82) is 0 Å². The van der Waals surface area contributed by atoms with Crippen molar-refractivity contribution in [3.05, 3.63) is 35.9 Å². The van der Waals surface area contributed by atoms with Crippen LogP contribution < -0.4 is 10.6 Å². The number of rotatable bonds is 2. The fourth-order valence-electron chi connectivity index (χ4n) is 2.78. The van der Waals surface area contributed by atoms with Crippen molar-refractivity contribution in [1.82, 2.24) is 10.3 Å². The molecule has 1 aromatic heterocycles. The van der Waals surface area contributed by atoms with Crippen molar-refractivity contribution >= 4 is 16.7 Å². The highest BCUT2D eigenvalue weighted by atomic mass is 15.1. The largest absolute Gasteiger partial charge is 0.366 e. The number of aromatic nitrogens is 1. The fraction of sp³-hybridized carbons (Fsp3) is 0.438. The van der Waals surface area contributed by atoms with Gasteiger partial charge in [-0.2, -0.15) is 0 Å². The Morgan fingerprint density at radius 1 is 1.32 bits per heavy atom. The average Bonchev–Trinajstić information content (AvgIpc) is 2.42. The van der Waals surface area contributed by atoms with Gasteiger partial charge in [-0.15, -0.1) is 0 Å². The molecule has 0 amide bonds. The minimum Gasteiger partial charge on any atom is -0.366 e. The number of hydrogen-bond acceptors (Lipinski definition) is 3. The summed E-state index contributed by atoms with van der Waals surface area (Å²) in [7, 11) is 0. The second kappa shape index (κ2) is 5.17. The van der Waals surface area contributed by atoms with Gasteiger partial charge in [-0.3, -0.25) is 0 Å². The van der Waals surface area contributed by atoms with E-state index < -0.39 is 0 Å². The molecule has 0 spiro atoms. The Morgan fingerprint density at radius 2 is 2.16 bits per heavy atom. The van der Waals surface area contributed by atoms with E-state index in [0.29, 0.717) is 12.1 Å². The van der Waals surface area contributed by atoms with Crippen LogP contribution in [0.15, 0.2) is 30.3 Å². The molecule has 2 heterocycles. The minimum atomic E-state index is 0.473. The van der Waals surface area contributed by atoms with Gasteiger partial charge in [0.25, 0.3) is 0 Å². The molecule has 2 N–H and O–H groups in total. The number of piperidine rings is 1. The first-order valence-corrected chi connectivity index (χ1v) is 7.10. The van der Waals surface area contributed by atoms with Crippen LogP contribution in [0.2, 0.25) is 0 Å². The predicted octanol–water partition coefficient (Wildman–Crippen LogP) is 3.10. The maximum Gasteiger partial charge on any atom is 0.129 e. The number of aryl methyl sites for hydroxylation is 1. The Morgan fingerprint density at radius 3 is 3.00 bits per heavy atom. The third-order valence-corrected chi connectivity index (χ3v) is 4.00. The van der Waals surface area contributed by atoms with Crippen molar-refractivity contribution in [2.75, 3.05) is 11.9 Å². The lowest BCUT2D eigenvalue weighted by molar-refractivity contribution is 0.388. The molecule has 0 bridgehead atoms. The molecular formula is C16H21N3. The summed E-state index contributed by atoms with van der Waals surface area (Å²) in [5, 5.41) is 8.34. The van der Waals surface area contributed by atoms with Crippen molar-refractivity contribution in [2.24, 2.45) is 0 Å². The lowest BCUT2D eigenvalue weighted by atomic mass is 9.99. The van der Waals surface area contributed by atoms with E-state index in [1.54, 1.807) is 0 Å². The van der Waals surface area contributed by atoms with Crippen molar-refractivity contribution in [2.45, 2.75) is 38.8 Å². The maximum absolute atomic E-state index is 4.76. The van der Waals surface area contributed by atoms with Gasteiger partial charge in [0.2, 0.25) is 0 Å². The topological polar surface area (TPSA) is 37.0 Å². The lowest BCUT2D eigenvalue weighted by Crippen LogP contribution is -2.46. The first-order valence-electron chi connectivity index (χ1n) is 7.10. The molecule has 0 aliphatic carbocycles. The molecule has 3 nitrogen and oxygen atoms in total. The van der Waals surface area contributed by atoms with Gasteiger partial charge in [0.1, 0.15) is 5.82 Å². The van der Waals surface area contributed by atoms with Crippen LogP contribution in [0.25, 0.3) is 10.9 Å². The number of anilines is 1. The minimum absolute atomic E-state index is 0.473. The van der Waals surface area contributed by atoms with E-state index in [2.05, 4.69) is 48.7 Å². The Kier molecular flexibility index (Phi) is 3.38. The van der Waals surface area contributed by atoms with Crippen LogP contribution in [-0.2, 0) is 0 Å². The van der Waals surface area contributed by atoms with Gasteiger partial charge in [-0.05, 0) is 50.9 Å². The summed E-state index contributed by atoms with van der Waals surface area (Å²) in [6.07, 6.45) is 2.44. The number of pyridine rings is 1. The zero-order valence-corrected chi connectivity index (χ0v) is 11.6. The molecule has 100 valence electrons. The number of fused-ring (bicyclic) bond motifs is 1. The van der Waals surface area contributed by atoms with Crippen LogP contribution in [0.4, 0.5) is 5.82 Å². The highest BCUT2D eigenvalue weighted by Crippen LogP contribution is 2.22. The number of nitrogens with zero attached hydrogens (tertiary/aromatic N) is 1. The highest BCUT2D eigenvalue weighted by molar-refractivity contribution is 5.81. The Labute approximate surface area is 114 Å². The first-order chi connectivity index (χ1) is 9.24. The molecule has 0 radical (unpaired) electrons. The third-order valence-electron chi connectivity index (χ3n) is 4.00. The Balaban J connectivity index is 1.89.